The van der Waals surface area contributed by atoms with Crippen LogP contribution in [0.4, 0.5) is 4.39 Å². The summed E-state index contributed by atoms with van der Waals surface area (Å²) in [5.41, 5.74) is 6.13. The molecule has 84 valence electrons. The Morgan fingerprint density at radius 1 is 1.47 bits per heavy atom. The molecule has 0 aliphatic carbocycles. The fourth-order valence-corrected chi connectivity index (χ4v) is 1.40. The Bertz CT molecular complexity index is 353. The number of aryl methyl sites for hydroxylation is 1. The SMILES string of the molecule is COc1ccc(C)c(F)c1C(O)C(C)N. The second-order valence-corrected chi connectivity index (χ2v) is 3.62. The van der Waals surface area contributed by atoms with Gasteiger partial charge >= 0.3 is 0 Å². The number of aliphatic hydroxyl groups excluding tert-OH is 1. The van der Waals surface area contributed by atoms with Gasteiger partial charge in [0, 0.05) is 6.04 Å². The first-order chi connectivity index (χ1) is 6.99. The second-order valence-electron chi connectivity index (χ2n) is 3.62. The molecule has 1 aromatic carbocycles. The monoisotopic (exact) mass is 213 g/mol. The number of hydrogen-bond acceptors (Lipinski definition) is 3. The third kappa shape index (κ3) is 2.27. The van der Waals surface area contributed by atoms with E-state index in [2.05, 4.69) is 0 Å². The normalized spacial score (nSPS) is 14.8. The summed E-state index contributed by atoms with van der Waals surface area (Å²) in [5, 5.41) is 9.77. The number of benzene rings is 1. The number of ether oxygens (including phenoxy) is 1. The average Bonchev–Trinajstić information content (AvgIpc) is 2.20. The van der Waals surface area contributed by atoms with E-state index in [4.69, 9.17) is 10.5 Å². The summed E-state index contributed by atoms with van der Waals surface area (Å²) >= 11 is 0. The zero-order chi connectivity index (χ0) is 11.6. The first-order valence-corrected chi connectivity index (χ1v) is 4.75. The van der Waals surface area contributed by atoms with E-state index in [-0.39, 0.29) is 5.56 Å². The fourth-order valence-electron chi connectivity index (χ4n) is 1.40. The highest BCUT2D eigenvalue weighted by Gasteiger charge is 2.22. The van der Waals surface area contributed by atoms with Crippen LogP contribution in [0.25, 0.3) is 0 Å². The largest absolute Gasteiger partial charge is 0.496 e. The number of aliphatic hydroxyl groups is 1. The van der Waals surface area contributed by atoms with Gasteiger partial charge in [0.15, 0.2) is 0 Å². The summed E-state index contributed by atoms with van der Waals surface area (Å²) in [5.74, 6) is -0.137. The van der Waals surface area contributed by atoms with E-state index in [1.54, 1.807) is 26.0 Å². The van der Waals surface area contributed by atoms with E-state index < -0.39 is 18.0 Å². The van der Waals surface area contributed by atoms with Gasteiger partial charge in [0.1, 0.15) is 17.7 Å². The van der Waals surface area contributed by atoms with Crippen LogP contribution in [0.2, 0.25) is 0 Å². The zero-order valence-corrected chi connectivity index (χ0v) is 9.12. The van der Waals surface area contributed by atoms with Gasteiger partial charge in [0.2, 0.25) is 0 Å². The van der Waals surface area contributed by atoms with Crippen LogP contribution < -0.4 is 10.5 Å². The van der Waals surface area contributed by atoms with Crippen molar-refractivity contribution in [2.75, 3.05) is 7.11 Å². The quantitative estimate of drug-likeness (QED) is 0.800. The lowest BCUT2D eigenvalue weighted by Crippen LogP contribution is -2.25. The number of hydrogen-bond donors (Lipinski definition) is 2. The lowest BCUT2D eigenvalue weighted by molar-refractivity contribution is 0.144. The topological polar surface area (TPSA) is 55.5 Å². The van der Waals surface area contributed by atoms with Gasteiger partial charge in [-0.3, -0.25) is 0 Å². The molecule has 0 amide bonds. The van der Waals surface area contributed by atoms with E-state index in [9.17, 15) is 9.50 Å². The molecule has 0 spiro atoms. The van der Waals surface area contributed by atoms with Crippen molar-refractivity contribution >= 4 is 0 Å². The van der Waals surface area contributed by atoms with Crippen molar-refractivity contribution in [2.45, 2.75) is 26.0 Å². The van der Waals surface area contributed by atoms with E-state index in [0.717, 1.165) is 0 Å². The molecule has 0 fully saturated rings. The van der Waals surface area contributed by atoms with Crippen molar-refractivity contribution in [2.24, 2.45) is 5.73 Å². The average molecular weight is 213 g/mol. The maximum Gasteiger partial charge on any atom is 0.135 e. The molecule has 0 aromatic heterocycles. The predicted octanol–water partition coefficient (Wildman–Crippen LogP) is 1.52. The van der Waals surface area contributed by atoms with Gasteiger partial charge in [-0.15, -0.1) is 0 Å². The molecule has 0 saturated carbocycles. The number of rotatable bonds is 3. The minimum absolute atomic E-state index is 0.132. The Morgan fingerprint density at radius 3 is 2.53 bits per heavy atom. The van der Waals surface area contributed by atoms with E-state index in [1.165, 1.54) is 7.11 Å². The van der Waals surface area contributed by atoms with Crippen LogP contribution in [0.5, 0.6) is 5.75 Å². The van der Waals surface area contributed by atoms with Gasteiger partial charge < -0.3 is 15.6 Å². The summed E-state index contributed by atoms with van der Waals surface area (Å²) in [7, 11) is 1.43. The van der Waals surface area contributed by atoms with E-state index >= 15 is 0 Å². The van der Waals surface area contributed by atoms with Crippen molar-refractivity contribution in [1.29, 1.82) is 0 Å². The van der Waals surface area contributed by atoms with Gasteiger partial charge in [-0.1, -0.05) is 6.07 Å². The number of halogens is 1. The molecule has 0 bridgehead atoms. The van der Waals surface area contributed by atoms with E-state index in [0.29, 0.717) is 11.3 Å². The Morgan fingerprint density at radius 2 is 2.07 bits per heavy atom. The van der Waals surface area contributed by atoms with Crippen molar-refractivity contribution in [1.82, 2.24) is 0 Å². The Labute approximate surface area is 88.7 Å². The van der Waals surface area contributed by atoms with Crippen LogP contribution in [-0.4, -0.2) is 18.3 Å². The molecule has 2 unspecified atom stereocenters. The molecule has 15 heavy (non-hydrogen) atoms. The van der Waals surface area contributed by atoms with Gasteiger partial charge in [0.25, 0.3) is 0 Å². The first kappa shape index (κ1) is 11.9. The first-order valence-electron chi connectivity index (χ1n) is 4.75. The minimum atomic E-state index is -1.06. The standard InChI is InChI=1S/C11H16FNO2/c1-6-4-5-8(15-3)9(10(6)12)11(14)7(2)13/h4-5,7,11,14H,13H2,1-3H3. The molecule has 0 saturated heterocycles. The summed E-state index contributed by atoms with van der Waals surface area (Å²) in [6.07, 6.45) is -1.06. The van der Waals surface area contributed by atoms with Gasteiger partial charge in [-0.05, 0) is 25.5 Å². The van der Waals surface area contributed by atoms with Crippen molar-refractivity contribution in [3.05, 3.63) is 29.1 Å². The molecule has 3 nitrogen and oxygen atoms in total. The maximum absolute atomic E-state index is 13.8. The molecule has 0 aliphatic heterocycles. The molecular weight excluding hydrogens is 197 g/mol. The van der Waals surface area contributed by atoms with Crippen LogP contribution >= 0.6 is 0 Å². The fraction of sp³-hybridized carbons (Fsp3) is 0.455. The highest BCUT2D eigenvalue weighted by Crippen LogP contribution is 2.30. The van der Waals surface area contributed by atoms with Crippen LogP contribution in [0.3, 0.4) is 0 Å². The second kappa shape index (κ2) is 4.59. The Hall–Kier alpha value is -1.13. The third-order valence-electron chi connectivity index (χ3n) is 2.35. The molecule has 0 aliphatic rings. The smallest absolute Gasteiger partial charge is 0.135 e. The van der Waals surface area contributed by atoms with Crippen LogP contribution in [0.15, 0.2) is 12.1 Å². The number of methoxy groups -OCH3 is 1. The van der Waals surface area contributed by atoms with Gasteiger partial charge in [0.05, 0.1) is 12.7 Å². The highest BCUT2D eigenvalue weighted by molar-refractivity contribution is 5.40. The zero-order valence-electron chi connectivity index (χ0n) is 9.12. The van der Waals surface area contributed by atoms with Gasteiger partial charge in [-0.2, -0.15) is 0 Å². The summed E-state index contributed by atoms with van der Waals surface area (Å²) < 4.78 is 18.8. The molecule has 1 aromatic rings. The molecular formula is C11H16FNO2. The molecule has 1 rings (SSSR count). The maximum atomic E-state index is 13.8. The van der Waals surface area contributed by atoms with Crippen molar-refractivity contribution in [3.8, 4) is 5.75 Å². The van der Waals surface area contributed by atoms with Crippen LogP contribution in [0, 0.1) is 12.7 Å². The number of nitrogens with two attached hydrogens (primary N) is 1. The molecule has 0 heterocycles. The lowest BCUT2D eigenvalue weighted by atomic mass is 10.00. The lowest BCUT2D eigenvalue weighted by Gasteiger charge is -2.19. The highest BCUT2D eigenvalue weighted by atomic mass is 19.1. The minimum Gasteiger partial charge on any atom is -0.496 e. The molecule has 0 radical (unpaired) electrons. The summed E-state index contributed by atoms with van der Waals surface area (Å²) in [4.78, 5) is 0. The van der Waals surface area contributed by atoms with Crippen LogP contribution in [0.1, 0.15) is 24.2 Å². The summed E-state index contributed by atoms with van der Waals surface area (Å²) in [6.45, 7) is 3.25. The molecule has 2 atom stereocenters. The van der Waals surface area contributed by atoms with Crippen molar-refractivity contribution < 1.29 is 14.2 Å². The molecule has 3 N–H and O–H groups in total. The van der Waals surface area contributed by atoms with Crippen molar-refractivity contribution in [3.63, 3.8) is 0 Å². The van der Waals surface area contributed by atoms with Gasteiger partial charge in [-0.25, -0.2) is 4.39 Å². The predicted molar refractivity (Wildman–Crippen MR) is 56.3 cm³/mol. The van der Waals surface area contributed by atoms with E-state index in [1.807, 2.05) is 0 Å². The Balaban J connectivity index is 3.29. The third-order valence-corrected chi connectivity index (χ3v) is 2.35. The Kier molecular flexibility index (Phi) is 3.66. The molecule has 4 heteroatoms. The summed E-state index contributed by atoms with van der Waals surface area (Å²) in [6, 6.07) is 2.68. The van der Waals surface area contributed by atoms with Crippen LogP contribution in [-0.2, 0) is 0 Å².